The number of nitrogens with zero attached hydrogens (tertiary/aromatic N) is 3. The van der Waals surface area contributed by atoms with Crippen molar-refractivity contribution >= 4 is 32.8 Å². The summed E-state index contributed by atoms with van der Waals surface area (Å²) in [4.78, 5) is 16.8. The van der Waals surface area contributed by atoms with Crippen LogP contribution in [0.1, 0.15) is 0 Å². The Hall–Kier alpha value is -3.27. The van der Waals surface area contributed by atoms with Crippen molar-refractivity contribution in [2.45, 2.75) is 0 Å². The van der Waals surface area contributed by atoms with Crippen LogP contribution < -0.4 is 0 Å². The molecule has 0 saturated heterocycles. The Labute approximate surface area is 131 Å². The molecule has 0 fully saturated rings. The number of fused-ring (bicyclic) bond motifs is 4. The maximum Gasteiger partial charge on any atom is 0.139 e. The Balaban J connectivity index is 2.08. The van der Waals surface area contributed by atoms with Crippen LogP contribution in [0.3, 0.4) is 0 Å². The second kappa shape index (κ2) is 4.61. The number of rotatable bonds is 1. The molecule has 5 rings (SSSR count). The zero-order chi connectivity index (χ0) is 15.2. The number of nitrogens with one attached hydrogen (secondary N) is 1. The van der Waals surface area contributed by atoms with Gasteiger partial charge in [0.25, 0.3) is 0 Å². The Kier molecular flexibility index (Phi) is 2.46. The highest BCUT2D eigenvalue weighted by atomic mass is 14.9. The number of H-pyrrole nitrogens is 1. The summed E-state index contributed by atoms with van der Waals surface area (Å²) in [6, 6.07) is 14.3. The quantitative estimate of drug-likeness (QED) is 0.501. The van der Waals surface area contributed by atoms with Gasteiger partial charge in [0.05, 0.1) is 11.0 Å². The van der Waals surface area contributed by atoms with Crippen molar-refractivity contribution in [2.75, 3.05) is 0 Å². The molecule has 0 bridgehead atoms. The van der Waals surface area contributed by atoms with E-state index in [9.17, 15) is 0 Å². The van der Waals surface area contributed by atoms with Gasteiger partial charge in [0.2, 0.25) is 0 Å². The topological polar surface area (TPSA) is 54.5 Å². The van der Waals surface area contributed by atoms with E-state index in [2.05, 4.69) is 39.2 Å². The summed E-state index contributed by atoms with van der Waals surface area (Å²) in [5.41, 5.74) is 5.17. The summed E-state index contributed by atoms with van der Waals surface area (Å²) in [5.74, 6) is 0. The van der Waals surface area contributed by atoms with Crippen molar-refractivity contribution in [3.05, 3.63) is 67.3 Å². The van der Waals surface area contributed by atoms with Gasteiger partial charge in [-0.05, 0) is 17.7 Å². The molecule has 0 unspecified atom stereocenters. The normalized spacial score (nSPS) is 11.5. The van der Waals surface area contributed by atoms with Crippen LogP contribution in [-0.4, -0.2) is 19.9 Å². The van der Waals surface area contributed by atoms with Crippen molar-refractivity contribution in [2.24, 2.45) is 0 Å². The van der Waals surface area contributed by atoms with Gasteiger partial charge in [0.15, 0.2) is 0 Å². The molecule has 4 nitrogen and oxygen atoms in total. The van der Waals surface area contributed by atoms with E-state index in [0.29, 0.717) is 0 Å². The van der Waals surface area contributed by atoms with Crippen LogP contribution in [0.25, 0.3) is 44.0 Å². The first kappa shape index (κ1) is 12.3. The molecule has 0 amide bonds. The van der Waals surface area contributed by atoms with Crippen LogP contribution in [0.15, 0.2) is 67.3 Å². The second-order valence-electron chi connectivity index (χ2n) is 5.52. The largest absolute Gasteiger partial charge is 0.339 e. The van der Waals surface area contributed by atoms with Crippen molar-refractivity contribution in [3.8, 4) is 11.1 Å². The number of aromatic nitrogens is 4. The van der Waals surface area contributed by atoms with Crippen LogP contribution in [0.5, 0.6) is 0 Å². The number of aromatic amines is 1. The third-order valence-electron chi connectivity index (χ3n) is 4.19. The van der Waals surface area contributed by atoms with E-state index >= 15 is 0 Å². The predicted octanol–water partition coefficient (Wildman–Crippen LogP) is 4.33. The molecule has 5 aromatic rings. The summed E-state index contributed by atoms with van der Waals surface area (Å²) in [5, 5.41) is 3.23. The molecule has 4 heteroatoms. The highest BCUT2D eigenvalue weighted by Crippen LogP contribution is 2.37. The molecule has 4 heterocycles. The zero-order valence-corrected chi connectivity index (χ0v) is 12.2. The maximum absolute atomic E-state index is 4.78. The Morgan fingerprint density at radius 2 is 1.57 bits per heavy atom. The lowest BCUT2D eigenvalue weighted by Crippen LogP contribution is -1.88. The van der Waals surface area contributed by atoms with E-state index in [0.717, 1.165) is 44.0 Å². The van der Waals surface area contributed by atoms with Gasteiger partial charge in [-0.3, -0.25) is 9.97 Å². The van der Waals surface area contributed by atoms with Crippen LogP contribution >= 0.6 is 0 Å². The smallest absolute Gasteiger partial charge is 0.139 e. The van der Waals surface area contributed by atoms with Crippen LogP contribution in [0.4, 0.5) is 0 Å². The molecule has 0 aliphatic carbocycles. The highest BCUT2D eigenvalue weighted by molar-refractivity contribution is 6.19. The first-order chi connectivity index (χ1) is 11.4. The van der Waals surface area contributed by atoms with Crippen LogP contribution in [0, 0.1) is 0 Å². The molecule has 0 radical (unpaired) electrons. The molecule has 108 valence electrons. The summed E-state index contributed by atoms with van der Waals surface area (Å²) in [6.45, 7) is 0. The summed E-state index contributed by atoms with van der Waals surface area (Å²) in [7, 11) is 0. The van der Waals surface area contributed by atoms with Gasteiger partial charge in [0.1, 0.15) is 5.65 Å². The minimum absolute atomic E-state index is 0.880. The Morgan fingerprint density at radius 3 is 2.43 bits per heavy atom. The summed E-state index contributed by atoms with van der Waals surface area (Å²) < 4.78 is 0. The molecule has 0 aliphatic rings. The average molecular weight is 296 g/mol. The molecular formula is C19H12N4. The summed E-state index contributed by atoms with van der Waals surface area (Å²) >= 11 is 0. The molecule has 1 N–H and O–H groups in total. The maximum atomic E-state index is 4.78. The lowest BCUT2D eigenvalue weighted by atomic mass is 9.98. The van der Waals surface area contributed by atoms with E-state index in [-0.39, 0.29) is 0 Å². The number of benzene rings is 1. The molecule has 0 spiro atoms. The molecule has 1 aromatic carbocycles. The predicted molar refractivity (Wildman–Crippen MR) is 92.1 cm³/mol. The van der Waals surface area contributed by atoms with E-state index in [1.165, 1.54) is 0 Å². The summed E-state index contributed by atoms with van der Waals surface area (Å²) in [6.07, 6.45) is 7.35. The van der Waals surface area contributed by atoms with Gasteiger partial charge < -0.3 is 4.98 Å². The van der Waals surface area contributed by atoms with E-state index in [1.54, 1.807) is 12.4 Å². The van der Waals surface area contributed by atoms with Gasteiger partial charge >= 0.3 is 0 Å². The van der Waals surface area contributed by atoms with E-state index in [4.69, 9.17) is 4.98 Å². The molecule has 0 atom stereocenters. The van der Waals surface area contributed by atoms with Gasteiger partial charge in [-0.1, -0.05) is 30.3 Å². The first-order valence-electron chi connectivity index (χ1n) is 7.46. The molecular weight excluding hydrogens is 284 g/mol. The minimum atomic E-state index is 0.880. The third kappa shape index (κ3) is 1.75. The Bertz CT molecular complexity index is 1160. The fourth-order valence-corrected chi connectivity index (χ4v) is 3.19. The number of hydrogen-bond donors (Lipinski definition) is 1. The highest BCUT2D eigenvalue weighted by Gasteiger charge is 2.15. The number of hydrogen-bond acceptors (Lipinski definition) is 3. The molecule has 0 aliphatic heterocycles. The number of pyridine rings is 3. The van der Waals surface area contributed by atoms with Crippen LogP contribution in [0.2, 0.25) is 0 Å². The monoisotopic (exact) mass is 296 g/mol. The standard InChI is InChI=1S/C19H12N4/c1-2-4-12(5-3-1)17-13-10-20-8-6-15(13)22-19-18(17)14-11-21-9-7-16(14)23-19/h1-11H,(H,22,23). The van der Waals surface area contributed by atoms with E-state index in [1.807, 2.05) is 30.6 Å². The first-order valence-corrected chi connectivity index (χ1v) is 7.46. The Morgan fingerprint density at radius 1 is 0.783 bits per heavy atom. The lowest BCUT2D eigenvalue weighted by molar-refractivity contribution is 1.33. The third-order valence-corrected chi connectivity index (χ3v) is 4.19. The SMILES string of the molecule is c1ccc(-c2c3cnccc3nc3[nH]c4ccncc4c23)cc1. The molecule has 23 heavy (non-hydrogen) atoms. The minimum Gasteiger partial charge on any atom is -0.339 e. The van der Waals surface area contributed by atoms with Gasteiger partial charge in [0, 0.05) is 46.5 Å². The zero-order valence-electron chi connectivity index (χ0n) is 12.2. The molecule has 0 saturated carbocycles. The van der Waals surface area contributed by atoms with E-state index < -0.39 is 0 Å². The van der Waals surface area contributed by atoms with Gasteiger partial charge in [-0.15, -0.1) is 0 Å². The lowest BCUT2D eigenvalue weighted by Gasteiger charge is -2.08. The van der Waals surface area contributed by atoms with Crippen molar-refractivity contribution in [1.82, 2.24) is 19.9 Å². The van der Waals surface area contributed by atoms with Crippen molar-refractivity contribution in [3.63, 3.8) is 0 Å². The molecule has 4 aromatic heterocycles. The van der Waals surface area contributed by atoms with Crippen molar-refractivity contribution < 1.29 is 0 Å². The second-order valence-corrected chi connectivity index (χ2v) is 5.52. The van der Waals surface area contributed by atoms with Gasteiger partial charge in [-0.2, -0.15) is 0 Å². The fraction of sp³-hybridized carbons (Fsp3) is 0. The fourth-order valence-electron chi connectivity index (χ4n) is 3.19. The van der Waals surface area contributed by atoms with Crippen molar-refractivity contribution in [1.29, 1.82) is 0 Å². The van der Waals surface area contributed by atoms with Gasteiger partial charge in [-0.25, -0.2) is 4.98 Å². The van der Waals surface area contributed by atoms with Crippen LogP contribution in [-0.2, 0) is 0 Å². The average Bonchev–Trinajstić information content (AvgIpc) is 2.98.